The summed E-state index contributed by atoms with van der Waals surface area (Å²) in [4.78, 5) is 11.5. The van der Waals surface area contributed by atoms with Crippen LogP contribution in [0, 0.1) is 0 Å². The predicted molar refractivity (Wildman–Crippen MR) is 64.9 cm³/mol. The number of benzene rings is 1. The van der Waals surface area contributed by atoms with Crippen molar-refractivity contribution in [3.05, 3.63) is 34.3 Å². The maximum atomic E-state index is 11.5. The molecule has 0 saturated carbocycles. The van der Waals surface area contributed by atoms with E-state index in [2.05, 4.69) is 15.9 Å². The van der Waals surface area contributed by atoms with Crippen LogP contribution in [-0.2, 0) is 11.2 Å². The van der Waals surface area contributed by atoms with Crippen molar-refractivity contribution >= 4 is 33.5 Å². The number of carbonyl (C=O) groups excluding carboxylic acids is 1. The van der Waals surface area contributed by atoms with Gasteiger partial charge in [0.1, 0.15) is 0 Å². The Bertz CT molecular complexity index is 352. The highest BCUT2D eigenvalue weighted by Gasteiger charge is 2.13. The molecule has 0 aliphatic heterocycles. The van der Waals surface area contributed by atoms with Crippen LogP contribution in [0.5, 0.6) is 0 Å². The molecule has 0 aromatic heterocycles. The lowest BCUT2D eigenvalue weighted by Crippen LogP contribution is -2.06. The molecule has 0 bridgehead atoms. The number of esters is 1. The maximum absolute atomic E-state index is 11.5. The fourth-order valence-electron chi connectivity index (χ4n) is 1.36. The smallest absolute Gasteiger partial charge is 0.338 e. The second-order valence-corrected chi connectivity index (χ2v) is 4.25. The van der Waals surface area contributed by atoms with Crippen LogP contribution in [0.2, 0.25) is 5.02 Å². The molecule has 1 rings (SSSR count). The minimum atomic E-state index is -0.331. The van der Waals surface area contributed by atoms with E-state index in [-0.39, 0.29) is 5.97 Å². The van der Waals surface area contributed by atoms with Crippen LogP contribution < -0.4 is 0 Å². The first-order valence-corrected chi connectivity index (χ1v) is 6.12. The lowest BCUT2D eigenvalue weighted by molar-refractivity contribution is 0.0599. The van der Waals surface area contributed by atoms with Gasteiger partial charge in [-0.25, -0.2) is 4.79 Å². The third-order valence-electron chi connectivity index (χ3n) is 2.08. The molecule has 0 fully saturated rings. The van der Waals surface area contributed by atoms with E-state index in [0.717, 1.165) is 23.7 Å². The van der Waals surface area contributed by atoms with E-state index in [1.807, 2.05) is 0 Å². The number of rotatable bonds is 4. The summed E-state index contributed by atoms with van der Waals surface area (Å²) in [5, 5.41) is 1.51. The Labute approximate surface area is 103 Å². The molecule has 4 heteroatoms. The lowest BCUT2D eigenvalue weighted by Gasteiger charge is -2.08. The van der Waals surface area contributed by atoms with Crippen LogP contribution in [0.15, 0.2) is 18.2 Å². The molecule has 0 heterocycles. The van der Waals surface area contributed by atoms with Crippen molar-refractivity contribution in [3.63, 3.8) is 0 Å². The summed E-state index contributed by atoms with van der Waals surface area (Å²) in [6, 6.07) is 5.28. The Balaban J connectivity index is 3.03. The van der Waals surface area contributed by atoms with Crippen molar-refractivity contribution in [3.8, 4) is 0 Å². The zero-order valence-corrected chi connectivity index (χ0v) is 10.8. The topological polar surface area (TPSA) is 26.3 Å². The molecular weight excluding hydrogens is 279 g/mol. The molecule has 0 N–H and O–H groups in total. The van der Waals surface area contributed by atoms with E-state index in [0.29, 0.717) is 10.6 Å². The Morgan fingerprint density at radius 1 is 1.53 bits per heavy atom. The highest BCUT2D eigenvalue weighted by Crippen LogP contribution is 2.22. The number of hydrogen-bond acceptors (Lipinski definition) is 2. The quantitative estimate of drug-likeness (QED) is 0.627. The summed E-state index contributed by atoms with van der Waals surface area (Å²) in [7, 11) is 1.37. The molecule has 0 spiro atoms. The zero-order chi connectivity index (χ0) is 11.3. The van der Waals surface area contributed by atoms with Gasteiger partial charge in [-0.3, -0.25) is 0 Å². The van der Waals surface area contributed by atoms with Crippen LogP contribution in [0.3, 0.4) is 0 Å². The van der Waals surface area contributed by atoms with E-state index in [1.54, 1.807) is 18.2 Å². The van der Waals surface area contributed by atoms with Gasteiger partial charge >= 0.3 is 5.97 Å². The molecule has 0 saturated heterocycles. The number of alkyl halides is 1. The van der Waals surface area contributed by atoms with Gasteiger partial charge in [0.05, 0.1) is 12.7 Å². The van der Waals surface area contributed by atoms with Gasteiger partial charge in [0.2, 0.25) is 0 Å². The van der Waals surface area contributed by atoms with Crippen LogP contribution in [0.25, 0.3) is 0 Å². The summed E-state index contributed by atoms with van der Waals surface area (Å²) in [5.74, 6) is -0.331. The standard InChI is InChI=1S/C11H12BrClO2/c1-15-11(14)9-4-2-6-10(13)8(9)5-3-7-12/h2,4,6H,3,5,7H2,1H3. The Morgan fingerprint density at radius 2 is 2.27 bits per heavy atom. The average Bonchev–Trinajstić information content (AvgIpc) is 2.26. The molecule has 15 heavy (non-hydrogen) atoms. The molecule has 2 nitrogen and oxygen atoms in total. The first kappa shape index (κ1) is 12.5. The number of ether oxygens (including phenoxy) is 1. The molecule has 0 amide bonds. The third kappa shape index (κ3) is 3.21. The number of methoxy groups -OCH3 is 1. The van der Waals surface area contributed by atoms with Crippen molar-refractivity contribution in [2.45, 2.75) is 12.8 Å². The normalized spacial score (nSPS) is 10.1. The van der Waals surface area contributed by atoms with E-state index in [1.165, 1.54) is 7.11 Å². The van der Waals surface area contributed by atoms with E-state index >= 15 is 0 Å². The van der Waals surface area contributed by atoms with Crippen molar-refractivity contribution in [2.75, 3.05) is 12.4 Å². The van der Waals surface area contributed by atoms with Crippen LogP contribution in [0.1, 0.15) is 22.3 Å². The molecule has 1 aromatic rings. The SMILES string of the molecule is COC(=O)c1cccc(Cl)c1CCCBr. The maximum Gasteiger partial charge on any atom is 0.338 e. The van der Waals surface area contributed by atoms with Crippen molar-refractivity contribution in [1.82, 2.24) is 0 Å². The number of halogens is 2. The first-order chi connectivity index (χ1) is 7.20. The molecule has 0 aliphatic rings. The van der Waals surface area contributed by atoms with Gasteiger partial charge in [0.25, 0.3) is 0 Å². The Hall–Kier alpha value is -0.540. The highest BCUT2D eigenvalue weighted by molar-refractivity contribution is 9.09. The van der Waals surface area contributed by atoms with Gasteiger partial charge in [-0.05, 0) is 30.5 Å². The van der Waals surface area contributed by atoms with Crippen molar-refractivity contribution in [1.29, 1.82) is 0 Å². The summed E-state index contributed by atoms with van der Waals surface area (Å²) < 4.78 is 4.70. The van der Waals surface area contributed by atoms with Gasteiger partial charge in [-0.1, -0.05) is 33.6 Å². The summed E-state index contributed by atoms with van der Waals surface area (Å²) in [6.45, 7) is 0. The second kappa shape index (κ2) is 6.13. The Morgan fingerprint density at radius 3 is 2.87 bits per heavy atom. The van der Waals surface area contributed by atoms with E-state index in [4.69, 9.17) is 16.3 Å². The van der Waals surface area contributed by atoms with Gasteiger partial charge in [0.15, 0.2) is 0 Å². The molecule has 0 atom stereocenters. The number of hydrogen-bond donors (Lipinski definition) is 0. The summed E-state index contributed by atoms with van der Waals surface area (Å²) >= 11 is 9.39. The van der Waals surface area contributed by atoms with Gasteiger partial charge in [-0.15, -0.1) is 0 Å². The van der Waals surface area contributed by atoms with Gasteiger partial charge < -0.3 is 4.74 Å². The van der Waals surface area contributed by atoms with Gasteiger partial charge in [0, 0.05) is 10.4 Å². The van der Waals surface area contributed by atoms with Crippen molar-refractivity contribution in [2.24, 2.45) is 0 Å². The summed E-state index contributed by atoms with van der Waals surface area (Å²) in [6.07, 6.45) is 1.71. The fraction of sp³-hybridized carbons (Fsp3) is 0.364. The Kier molecular flexibility index (Phi) is 5.12. The van der Waals surface area contributed by atoms with Gasteiger partial charge in [-0.2, -0.15) is 0 Å². The fourth-order valence-corrected chi connectivity index (χ4v) is 1.91. The predicted octanol–water partition coefficient (Wildman–Crippen LogP) is 3.45. The number of carbonyl (C=O) groups is 1. The van der Waals surface area contributed by atoms with Crippen molar-refractivity contribution < 1.29 is 9.53 Å². The highest BCUT2D eigenvalue weighted by atomic mass is 79.9. The minimum Gasteiger partial charge on any atom is -0.465 e. The largest absolute Gasteiger partial charge is 0.465 e. The zero-order valence-electron chi connectivity index (χ0n) is 8.43. The molecule has 0 radical (unpaired) electrons. The average molecular weight is 292 g/mol. The summed E-state index contributed by atoms with van der Waals surface area (Å²) in [5.41, 5.74) is 1.43. The second-order valence-electron chi connectivity index (χ2n) is 3.05. The van der Waals surface area contributed by atoms with Crippen LogP contribution in [0.4, 0.5) is 0 Å². The lowest BCUT2D eigenvalue weighted by atomic mass is 10.0. The van der Waals surface area contributed by atoms with E-state index in [9.17, 15) is 4.79 Å². The molecule has 0 aliphatic carbocycles. The van der Waals surface area contributed by atoms with Crippen LogP contribution in [-0.4, -0.2) is 18.4 Å². The molecule has 1 aromatic carbocycles. The van der Waals surface area contributed by atoms with E-state index < -0.39 is 0 Å². The molecular formula is C11H12BrClO2. The molecule has 0 unspecified atom stereocenters. The minimum absolute atomic E-state index is 0.331. The third-order valence-corrected chi connectivity index (χ3v) is 3.00. The first-order valence-electron chi connectivity index (χ1n) is 4.62. The molecule has 82 valence electrons. The van der Waals surface area contributed by atoms with Crippen LogP contribution >= 0.6 is 27.5 Å². The monoisotopic (exact) mass is 290 g/mol.